The summed E-state index contributed by atoms with van der Waals surface area (Å²) in [7, 11) is 2.24. The van der Waals surface area contributed by atoms with Gasteiger partial charge in [-0.1, -0.05) is 30.3 Å². The summed E-state index contributed by atoms with van der Waals surface area (Å²) in [6.07, 6.45) is 9.54. The molecule has 0 radical (unpaired) electrons. The summed E-state index contributed by atoms with van der Waals surface area (Å²) in [6.45, 7) is 0.520. The van der Waals surface area contributed by atoms with E-state index in [4.69, 9.17) is 11.2 Å². The molecule has 2 bridgehead atoms. The van der Waals surface area contributed by atoms with Gasteiger partial charge in [-0.2, -0.15) is 0 Å². The Morgan fingerprint density at radius 2 is 1.96 bits per heavy atom. The van der Waals surface area contributed by atoms with Gasteiger partial charge >= 0.3 is 5.97 Å². The Labute approximate surface area is 144 Å². The first kappa shape index (κ1) is 17.0. The third-order valence-corrected chi connectivity index (χ3v) is 5.96. The van der Waals surface area contributed by atoms with Crippen LogP contribution in [0.1, 0.15) is 37.2 Å². The minimum Gasteiger partial charge on any atom is -0.461 e. The molecule has 3 rings (SSSR count). The zero-order valence-electron chi connectivity index (χ0n) is 14.2. The van der Waals surface area contributed by atoms with Gasteiger partial charge in [0.1, 0.15) is 18.6 Å². The molecule has 0 unspecified atom stereocenters. The Hall–Kier alpha value is -1.83. The van der Waals surface area contributed by atoms with Gasteiger partial charge < -0.3 is 14.3 Å². The van der Waals surface area contributed by atoms with Crippen molar-refractivity contribution in [3.05, 3.63) is 35.9 Å². The molecule has 2 aliphatic rings. The number of hydrogen-bond acceptors (Lipinski definition) is 3. The van der Waals surface area contributed by atoms with E-state index in [2.05, 4.69) is 13.0 Å². The minimum atomic E-state index is -0.600. The molecule has 4 nitrogen and oxygen atoms in total. The third kappa shape index (κ3) is 3.07. The van der Waals surface area contributed by atoms with Crippen LogP contribution < -0.4 is 0 Å². The standard InChI is InChI=1S/C20H26NO3/c1-3-11-21(2)16-9-10-17(21)13-18(12-16)24-20(23)19(14-22)15-7-5-4-6-8-15/h1,4-8,16-19,22H,9-14H2,2H3/q+1/t16-,17-,18?,19+,21?/m0/s1. The normalized spacial score (nSPS) is 32.8. The molecule has 1 aromatic rings. The van der Waals surface area contributed by atoms with Gasteiger partial charge in [0, 0.05) is 25.7 Å². The van der Waals surface area contributed by atoms with Crippen molar-refractivity contribution in [3.63, 3.8) is 0 Å². The lowest BCUT2D eigenvalue weighted by Gasteiger charge is -2.45. The van der Waals surface area contributed by atoms with Gasteiger partial charge in [-0.05, 0) is 11.5 Å². The van der Waals surface area contributed by atoms with Crippen LogP contribution in [0.4, 0.5) is 0 Å². The number of quaternary nitrogens is 1. The fourth-order valence-electron chi connectivity index (χ4n) is 4.49. The maximum absolute atomic E-state index is 12.5. The van der Waals surface area contributed by atoms with Gasteiger partial charge in [0.05, 0.1) is 25.7 Å². The lowest BCUT2D eigenvalue weighted by Crippen LogP contribution is -2.59. The van der Waals surface area contributed by atoms with E-state index in [9.17, 15) is 9.90 Å². The summed E-state index contributed by atoms with van der Waals surface area (Å²) in [6, 6.07) is 10.3. The largest absolute Gasteiger partial charge is 0.461 e. The molecule has 0 amide bonds. The number of ether oxygens (including phenoxy) is 1. The van der Waals surface area contributed by atoms with Crippen LogP contribution >= 0.6 is 0 Å². The quantitative estimate of drug-likeness (QED) is 0.511. The molecule has 2 saturated heterocycles. The fraction of sp³-hybridized carbons (Fsp3) is 0.550. The molecule has 1 aromatic carbocycles. The van der Waals surface area contributed by atoms with Gasteiger partial charge in [0.2, 0.25) is 0 Å². The fourth-order valence-corrected chi connectivity index (χ4v) is 4.49. The van der Waals surface area contributed by atoms with Crippen molar-refractivity contribution in [2.45, 2.75) is 49.8 Å². The molecule has 0 aliphatic carbocycles. The maximum atomic E-state index is 12.5. The van der Waals surface area contributed by atoms with Crippen molar-refractivity contribution in [2.75, 3.05) is 20.2 Å². The number of benzene rings is 1. The second-order valence-electron chi connectivity index (χ2n) is 7.27. The van der Waals surface area contributed by atoms with Crippen LogP contribution in [-0.2, 0) is 9.53 Å². The number of aliphatic hydroxyl groups is 1. The van der Waals surface area contributed by atoms with Crippen molar-refractivity contribution in [3.8, 4) is 12.3 Å². The van der Waals surface area contributed by atoms with Gasteiger partial charge in [-0.15, -0.1) is 6.42 Å². The first-order valence-corrected chi connectivity index (χ1v) is 8.73. The van der Waals surface area contributed by atoms with E-state index in [-0.39, 0.29) is 18.7 Å². The number of piperidine rings is 1. The highest BCUT2D eigenvalue weighted by Gasteiger charge is 2.52. The topological polar surface area (TPSA) is 46.5 Å². The van der Waals surface area contributed by atoms with Crippen LogP contribution in [0.25, 0.3) is 0 Å². The first-order valence-electron chi connectivity index (χ1n) is 8.73. The Morgan fingerprint density at radius 1 is 1.33 bits per heavy atom. The second kappa shape index (κ2) is 6.96. The number of hydrogen-bond donors (Lipinski definition) is 1. The summed E-state index contributed by atoms with van der Waals surface area (Å²) >= 11 is 0. The number of esters is 1. The van der Waals surface area contributed by atoms with Crippen molar-refractivity contribution < 1.29 is 19.1 Å². The second-order valence-corrected chi connectivity index (χ2v) is 7.27. The highest BCUT2D eigenvalue weighted by Crippen LogP contribution is 2.42. The van der Waals surface area contributed by atoms with Crippen LogP contribution in [0.3, 0.4) is 0 Å². The summed E-state index contributed by atoms with van der Waals surface area (Å²) < 4.78 is 6.71. The molecule has 1 N–H and O–H groups in total. The first-order chi connectivity index (χ1) is 11.6. The van der Waals surface area contributed by atoms with Crippen LogP contribution in [0, 0.1) is 12.3 Å². The Bertz CT molecular complexity index is 608. The van der Waals surface area contributed by atoms with Crippen molar-refractivity contribution in [1.82, 2.24) is 0 Å². The summed E-state index contributed by atoms with van der Waals surface area (Å²) in [4.78, 5) is 12.5. The molecule has 2 heterocycles. The van der Waals surface area contributed by atoms with Gasteiger partial charge in [-0.25, -0.2) is 0 Å². The van der Waals surface area contributed by atoms with Crippen molar-refractivity contribution in [2.24, 2.45) is 0 Å². The Morgan fingerprint density at radius 3 is 2.50 bits per heavy atom. The lowest BCUT2D eigenvalue weighted by atomic mass is 9.96. The third-order valence-electron chi connectivity index (χ3n) is 5.96. The predicted molar refractivity (Wildman–Crippen MR) is 92.1 cm³/mol. The molecule has 2 fully saturated rings. The van der Waals surface area contributed by atoms with Crippen molar-refractivity contribution in [1.29, 1.82) is 0 Å². The predicted octanol–water partition coefficient (Wildman–Crippen LogP) is 2.08. The summed E-state index contributed by atoms with van der Waals surface area (Å²) in [5, 5.41) is 9.62. The highest BCUT2D eigenvalue weighted by molar-refractivity contribution is 5.78. The number of nitrogens with zero attached hydrogens (tertiary/aromatic N) is 1. The zero-order valence-corrected chi connectivity index (χ0v) is 14.2. The SMILES string of the molecule is C#CC[N+]1(C)[C@H]2CC[C@H]1CC(OC(=O)[C@H](CO)c1ccccc1)C2. The molecule has 3 atom stereocenters. The van der Waals surface area contributed by atoms with E-state index in [0.29, 0.717) is 12.1 Å². The number of terminal acetylenes is 1. The van der Waals surface area contributed by atoms with Crippen molar-refractivity contribution >= 4 is 5.97 Å². The summed E-state index contributed by atoms with van der Waals surface area (Å²) in [5.41, 5.74) is 0.803. The molecular weight excluding hydrogens is 302 g/mol. The van der Waals surface area contributed by atoms with E-state index >= 15 is 0 Å². The smallest absolute Gasteiger partial charge is 0.316 e. The Kier molecular flexibility index (Phi) is 4.93. The molecule has 0 aromatic heterocycles. The molecular formula is C20H26NO3+. The maximum Gasteiger partial charge on any atom is 0.316 e. The summed E-state index contributed by atoms with van der Waals surface area (Å²) in [5.74, 6) is 1.90. The number of carbonyl (C=O) groups is 1. The molecule has 0 saturated carbocycles. The molecule has 0 spiro atoms. The molecule has 24 heavy (non-hydrogen) atoms. The minimum absolute atomic E-state index is 0.0586. The van der Waals surface area contributed by atoms with E-state index in [0.717, 1.165) is 42.3 Å². The molecule has 4 heteroatoms. The number of carbonyl (C=O) groups excluding carboxylic acids is 1. The molecule has 2 aliphatic heterocycles. The van der Waals surface area contributed by atoms with E-state index in [1.54, 1.807) is 0 Å². The number of rotatable bonds is 5. The van der Waals surface area contributed by atoms with Gasteiger partial charge in [0.15, 0.2) is 0 Å². The zero-order chi connectivity index (χ0) is 17.2. The van der Waals surface area contributed by atoms with Crippen LogP contribution in [-0.4, -0.2) is 53.9 Å². The van der Waals surface area contributed by atoms with Crippen LogP contribution in [0.5, 0.6) is 0 Å². The van der Waals surface area contributed by atoms with Gasteiger partial charge in [-0.3, -0.25) is 4.79 Å². The van der Waals surface area contributed by atoms with Crippen LogP contribution in [0.2, 0.25) is 0 Å². The number of aliphatic hydroxyl groups excluding tert-OH is 1. The van der Waals surface area contributed by atoms with E-state index in [1.165, 1.54) is 0 Å². The number of fused-ring (bicyclic) bond motifs is 2. The average molecular weight is 328 g/mol. The monoisotopic (exact) mass is 328 g/mol. The Balaban J connectivity index is 1.65. The molecule has 128 valence electrons. The van der Waals surface area contributed by atoms with Crippen LogP contribution in [0.15, 0.2) is 30.3 Å². The average Bonchev–Trinajstić information content (AvgIpc) is 2.75. The lowest BCUT2D eigenvalue weighted by molar-refractivity contribution is -0.943. The van der Waals surface area contributed by atoms with Gasteiger partial charge in [0.25, 0.3) is 0 Å². The van der Waals surface area contributed by atoms with E-state index < -0.39 is 5.92 Å². The van der Waals surface area contributed by atoms with E-state index in [1.807, 2.05) is 30.3 Å². The highest BCUT2D eigenvalue weighted by atomic mass is 16.5.